The summed E-state index contributed by atoms with van der Waals surface area (Å²) in [6, 6.07) is 10.4. The number of hydrogen-bond donors (Lipinski definition) is 1. The monoisotopic (exact) mass is 372 g/mol. The predicted octanol–water partition coefficient (Wildman–Crippen LogP) is 3.99. The lowest BCUT2D eigenvalue weighted by Crippen LogP contribution is -2.46. The van der Waals surface area contributed by atoms with E-state index in [1.807, 2.05) is 39.0 Å². The van der Waals surface area contributed by atoms with E-state index in [9.17, 15) is 4.79 Å². The summed E-state index contributed by atoms with van der Waals surface area (Å²) in [6.45, 7) is 8.86. The third kappa shape index (κ3) is 4.67. The molecule has 1 aliphatic rings. The summed E-state index contributed by atoms with van der Waals surface area (Å²) in [5, 5.41) is 12.6. The SMILES string of the molecule is CCC(C)(C)NC(=O)C(C)Sc1nnc(C2CC2)n1Cc1ccccc1. The molecule has 0 bridgehead atoms. The van der Waals surface area contributed by atoms with Gasteiger partial charge in [0.2, 0.25) is 5.91 Å². The molecule has 1 aliphatic carbocycles. The molecule has 1 aromatic heterocycles. The van der Waals surface area contributed by atoms with Crippen LogP contribution in [-0.2, 0) is 11.3 Å². The van der Waals surface area contributed by atoms with Gasteiger partial charge in [0.25, 0.3) is 0 Å². The summed E-state index contributed by atoms with van der Waals surface area (Å²) in [7, 11) is 0. The fourth-order valence-electron chi connectivity index (χ4n) is 2.68. The van der Waals surface area contributed by atoms with Gasteiger partial charge in [0.05, 0.1) is 11.8 Å². The van der Waals surface area contributed by atoms with Crippen LogP contribution in [0.15, 0.2) is 35.5 Å². The highest BCUT2D eigenvalue weighted by Crippen LogP contribution is 2.40. The van der Waals surface area contributed by atoms with Crippen LogP contribution < -0.4 is 5.32 Å². The fraction of sp³-hybridized carbons (Fsp3) is 0.550. The number of rotatable bonds is 8. The third-order valence-corrected chi connectivity index (χ3v) is 5.95. The van der Waals surface area contributed by atoms with Gasteiger partial charge in [-0.2, -0.15) is 0 Å². The Bertz CT molecular complexity index is 752. The Balaban J connectivity index is 1.76. The molecule has 1 heterocycles. The molecule has 2 aromatic rings. The van der Waals surface area contributed by atoms with Crippen molar-refractivity contribution in [3.05, 3.63) is 41.7 Å². The van der Waals surface area contributed by atoms with Gasteiger partial charge in [0, 0.05) is 11.5 Å². The molecule has 1 fully saturated rings. The Kier molecular flexibility index (Phi) is 5.70. The molecule has 0 radical (unpaired) electrons. The average molecular weight is 373 g/mol. The molecule has 26 heavy (non-hydrogen) atoms. The lowest BCUT2D eigenvalue weighted by atomic mass is 10.0. The zero-order valence-corrected chi connectivity index (χ0v) is 16.8. The number of carbonyl (C=O) groups is 1. The van der Waals surface area contributed by atoms with E-state index in [-0.39, 0.29) is 16.7 Å². The molecule has 6 heteroatoms. The number of hydrogen-bond acceptors (Lipinski definition) is 4. The Morgan fingerprint density at radius 3 is 2.62 bits per heavy atom. The molecule has 0 aliphatic heterocycles. The smallest absolute Gasteiger partial charge is 0.233 e. The zero-order valence-electron chi connectivity index (χ0n) is 16.0. The molecule has 0 saturated heterocycles. The van der Waals surface area contributed by atoms with E-state index in [4.69, 9.17) is 0 Å². The quantitative estimate of drug-likeness (QED) is 0.712. The normalized spacial score (nSPS) is 15.7. The maximum absolute atomic E-state index is 12.6. The van der Waals surface area contributed by atoms with Gasteiger partial charge in [-0.1, -0.05) is 49.0 Å². The maximum Gasteiger partial charge on any atom is 0.233 e. The molecule has 1 unspecified atom stereocenters. The Morgan fingerprint density at radius 2 is 2.00 bits per heavy atom. The van der Waals surface area contributed by atoms with Crippen molar-refractivity contribution in [2.75, 3.05) is 0 Å². The van der Waals surface area contributed by atoms with Gasteiger partial charge in [0.1, 0.15) is 5.82 Å². The first-order chi connectivity index (χ1) is 12.4. The number of nitrogens with one attached hydrogen (secondary N) is 1. The topological polar surface area (TPSA) is 59.8 Å². The standard InChI is InChI=1S/C20H28N4OS/c1-5-20(3,4)21-18(25)14(2)26-19-23-22-17(16-11-12-16)24(19)13-15-9-7-6-8-10-15/h6-10,14,16H,5,11-13H2,1-4H3,(H,21,25). The predicted molar refractivity (Wildman–Crippen MR) is 105 cm³/mol. The maximum atomic E-state index is 12.6. The first-order valence-electron chi connectivity index (χ1n) is 9.35. The highest BCUT2D eigenvalue weighted by molar-refractivity contribution is 8.00. The molecule has 1 atom stereocenters. The Morgan fingerprint density at radius 1 is 1.31 bits per heavy atom. The van der Waals surface area contributed by atoms with Crippen LogP contribution >= 0.6 is 11.8 Å². The van der Waals surface area contributed by atoms with Crippen LogP contribution in [0.3, 0.4) is 0 Å². The average Bonchev–Trinajstić information content (AvgIpc) is 3.39. The van der Waals surface area contributed by atoms with Crippen LogP contribution in [0.1, 0.15) is 64.3 Å². The fourth-order valence-corrected chi connectivity index (χ4v) is 3.54. The van der Waals surface area contributed by atoms with Gasteiger partial charge in [-0.3, -0.25) is 4.79 Å². The lowest BCUT2D eigenvalue weighted by molar-refractivity contribution is -0.121. The number of nitrogens with zero attached hydrogens (tertiary/aromatic N) is 3. The summed E-state index contributed by atoms with van der Waals surface area (Å²) in [4.78, 5) is 12.6. The molecule has 1 N–H and O–H groups in total. The lowest BCUT2D eigenvalue weighted by Gasteiger charge is -2.26. The van der Waals surface area contributed by atoms with Crippen molar-refractivity contribution in [1.29, 1.82) is 0 Å². The molecule has 140 valence electrons. The highest BCUT2D eigenvalue weighted by atomic mass is 32.2. The van der Waals surface area contributed by atoms with Crippen molar-refractivity contribution in [1.82, 2.24) is 20.1 Å². The van der Waals surface area contributed by atoms with Crippen molar-refractivity contribution in [2.24, 2.45) is 0 Å². The van der Waals surface area contributed by atoms with Crippen molar-refractivity contribution in [3.8, 4) is 0 Å². The summed E-state index contributed by atoms with van der Waals surface area (Å²) in [5.41, 5.74) is 1.03. The van der Waals surface area contributed by atoms with Crippen LogP contribution in [0.2, 0.25) is 0 Å². The summed E-state index contributed by atoms with van der Waals surface area (Å²) in [5.74, 6) is 1.62. The van der Waals surface area contributed by atoms with E-state index in [1.165, 1.54) is 30.2 Å². The van der Waals surface area contributed by atoms with Gasteiger partial charge in [0.15, 0.2) is 5.16 Å². The minimum atomic E-state index is -0.216. The number of aromatic nitrogens is 3. The molecule has 1 saturated carbocycles. The second-order valence-corrected chi connectivity index (χ2v) is 8.98. The van der Waals surface area contributed by atoms with Crippen LogP contribution in [0.5, 0.6) is 0 Å². The van der Waals surface area contributed by atoms with Crippen LogP contribution in [-0.4, -0.2) is 31.5 Å². The van der Waals surface area contributed by atoms with Crippen molar-refractivity contribution >= 4 is 17.7 Å². The molecular formula is C20H28N4OS. The molecule has 1 aromatic carbocycles. The van der Waals surface area contributed by atoms with Crippen molar-refractivity contribution in [3.63, 3.8) is 0 Å². The first kappa shape index (κ1) is 19.0. The third-order valence-electron chi connectivity index (χ3n) is 4.87. The van der Waals surface area contributed by atoms with E-state index in [2.05, 4.69) is 39.1 Å². The van der Waals surface area contributed by atoms with Gasteiger partial charge in [-0.15, -0.1) is 10.2 Å². The van der Waals surface area contributed by atoms with Gasteiger partial charge in [-0.05, 0) is 45.6 Å². The molecule has 5 nitrogen and oxygen atoms in total. The van der Waals surface area contributed by atoms with Crippen molar-refractivity contribution in [2.45, 2.75) is 75.4 Å². The van der Waals surface area contributed by atoms with Crippen LogP contribution in [0.4, 0.5) is 0 Å². The number of amides is 1. The van der Waals surface area contributed by atoms with E-state index in [1.54, 1.807) is 0 Å². The molecule has 0 spiro atoms. The Hall–Kier alpha value is -1.82. The van der Waals surface area contributed by atoms with E-state index in [0.29, 0.717) is 5.92 Å². The zero-order chi connectivity index (χ0) is 18.7. The van der Waals surface area contributed by atoms with Crippen molar-refractivity contribution < 1.29 is 4.79 Å². The molecule has 1 amide bonds. The van der Waals surface area contributed by atoms with E-state index >= 15 is 0 Å². The molecular weight excluding hydrogens is 344 g/mol. The second-order valence-electron chi connectivity index (χ2n) is 7.67. The number of benzene rings is 1. The summed E-state index contributed by atoms with van der Waals surface area (Å²) in [6.07, 6.45) is 3.25. The first-order valence-corrected chi connectivity index (χ1v) is 10.2. The number of carbonyl (C=O) groups excluding carboxylic acids is 1. The van der Waals surface area contributed by atoms with Gasteiger partial charge >= 0.3 is 0 Å². The second kappa shape index (κ2) is 7.82. The largest absolute Gasteiger partial charge is 0.350 e. The Labute approximate surface area is 160 Å². The minimum Gasteiger partial charge on any atom is -0.350 e. The van der Waals surface area contributed by atoms with Gasteiger partial charge in [-0.25, -0.2) is 0 Å². The summed E-state index contributed by atoms with van der Waals surface area (Å²) < 4.78 is 2.19. The molecule has 3 rings (SSSR count). The van der Waals surface area contributed by atoms with Gasteiger partial charge < -0.3 is 9.88 Å². The van der Waals surface area contributed by atoms with Crippen LogP contribution in [0, 0.1) is 0 Å². The minimum absolute atomic E-state index is 0.0454. The highest BCUT2D eigenvalue weighted by Gasteiger charge is 2.31. The summed E-state index contributed by atoms with van der Waals surface area (Å²) >= 11 is 1.49. The van der Waals surface area contributed by atoms with Crippen LogP contribution in [0.25, 0.3) is 0 Å². The van der Waals surface area contributed by atoms with E-state index < -0.39 is 0 Å². The van der Waals surface area contributed by atoms with E-state index in [0.717, 1.165) is 23.9 Å². The number of thioether (sulfide) groups is 1.